The van der Waals surface area contributed by atoms with Crippen LogP contribution in [0, 0.1) is 0 Å². The number of carbonyl (C=O) groups excluding carboxylic acids is 3. The molecule has 1 saturated heterocycles. The molecule has 0 atom stereocenters. The minimum Gasteiger partial charge on any atom is -0.449 e. The van der Waals surface area contributed by atoms with Gasteiger partial charge in [-0.05, 0) is 13.3 Å². The quantitative estimate of drug-likeness (QED) is 0.544. The lowest BCUT2D eigenvalue weighted by Crippen LogP contribution is -2.37. The van der Waals surface area contributed by atoms with Gasteiger partial charge in [-0.3, -0.25) is 14.6 Å². The van der Waals surface area contributed by atoms with Gasteiger partial charge in [-0.2, -0.15) is 4.90 Å². The van der Waals surface area contributed by atoms with Gasteiger partial charge in [0.25, 0.3) is 5.91 Å². The zero-order valence-electron chi connectivity index (χ0n) is 11.5. The Bertz CT molecular complexity index is 390. The summed E-state index contributed by atoms with van der Waals surface area (Å²) < 4.78 is 4.66. The molecule has 6 nitrogen and oxygen atoms in total. The average molecular weight is 268 g/mol. The maximum Gasteiger partial charge on any atom is 0.423 e. The number of hydrogen-bond donors (Lipinski definition) is 0. The van der Waals surface area contributed by atoms with E-state index in [2.05, 4.69) is 16.7 Å². The van der Waals surface area contributed by atoms with Gasteiger partial charge >= 0.3 is 6.09 Å². The third-order valence-corrected chi connectivity index (χ3v) is 2.78. The topological polar surface area (TPSA) is 76.0 Å². The van der Waals surface area contributed by atoms with Crippen molar-refractivity contribution in [3.63, 3.8) is 0 Å². The summed E-state index contributed by atoms with van der Waals surface area (Å²) in [6.07, 6.45) is 3.19. The number of ether oxygens (including phenoxy) is 1. The fourth-order valence-corrected chi connectivity index (χ4v) is 1.79. The van der Waals surface area contributed by atoms with Gasteiger partial charge in [0.2, 0.25) is 5.91 Å². The van der Waals surface area contributed by atoms with Crippen molar-refractivity contribution in [2.45, 2.75) is 46.0 Å². The molecule has 0 saturated carbocycles. The number of carbonyl (C=O) groups is 3. The maximum absolute atomic E-state index is 11.8. The maximum atomic E-state index is 11.8. The molecule has 1 rings (SSSR count). The van der Waals surface area contributed by atoms with Crippen molar-refractivity contribution < 1.29 is 19.1 Å². The van der Waals surface area contributed by atoms with E-state index < -0.39 is 17.9 Å². The monoisotopic (exact) mass is 268 g/mol. The summed E-state index contributed by atoms with van der Waals surface area (Å²) in [5, 5.41) is 0. The van der Waals surface area contributed by atoms with Crippen LogP contribution >= 0.6 is 0 Å². The molecule has 0 aliphatic carbocycles. The Kier molecular flexibility index (Phi) is 6.18. The summed E-state index contributed by atoms with van der Waals surface area (Å²) in [4.78, 5) is 39.5. The highest BCUT2D eigenvalue weighted by molar-refractivity contribution is 6.51. The lowest BCUT2D eigenvalue weighted by molar-refractivity contribution is -0.134. The molecule has 0 aromatic carbocycles. The molecule has 3 amide bonds. The zero-order valence-corrected chi connectivity index (χ0v) is 11.5. The van der Waals surface area contributed by atoms with E-state index in [1.165, 1.54) is 0 Å². The Morgan fingerprint density at radius 3 is 2.63 bits per heavy atom. The predicted octanol–water partition coefficient (Wildman–Crippen LogP) is 1.92. The van der Waals surface area contributed by atoms with Gasteiger partial charge in [-0.1, -0.05) is 26.2 Å². The summed E-state index contributed by atoms with van der Waals surface area (Å²) in [7, 11) is 0. The first-order valence-electron chi connectivity index (χ1n) is 6.69. The number of hydrogen-bond acceptors (Lipinski definition) is 5. The van der Waals surface area contributed by atoms with Gasteiger partial charge in [0, 0.05) is 6.54 Å². The van der Waals surface area contributed by atoms with Crippen LogP contribution in [0.15, 0.2) is 4.99 Å². The second kappa shape index (κ2) is 7.66. The van der Waals surface area contributed by atoms with Gasteiger partial charge in [-0.25, -0.2) is 4.79 Å². The van der Waals surface area contributed by atoms with E-state index in [9.17, 15) is 14.4 Å². The van der Waals surface area contributed by atoms with E-state index in [0.29, 0.717) is 11.4 Å². The van der Waals surface area contributed by atoms with Crippen LogP contribution < -0.4 is 0 Å². The Hall–Kier alpha value is -1.72. The Morgan fingerprint density at radius 2 is 2.00 bits per heavy atom. The van der Waals surface area contributed by atoms with Crippen LogP contribution in [0.25, 0.3) is 0 Å². The number of rotatable bonds is 6. The Labute approximate surface area is 112 Å². The highest BCUT2D eigenvalue weighted by atomic mass is 16.6. The average Bonchev–Trinajstić information content (AvgIpc) is 2.64. The lowest BCUT2D eigenvalue weighted by atomic mass is 10.2. The van der Waals surface area contributed by atoms with Crippen molar-refractivity contribution in [1.82, 2.24) is 4.90 Å². The molecule has 0 N–H and O–H groups in total. The molecule has 0 unspecified atom stereocenters. The molecule has 1 heterocycles. The van der Waals surface area contributed by atoms with Gasteiger partial charge in [0.15, 0.2) is 0 Å². The molecule has 0 radical (unpaired) electrons. The first kappa shape index (κ1) is 15.3. The molecule has 0 spiro atoms. The molecule has 1 aliphatic heterocycles. The summed E-state index contributed by atoms with van der Waals surface area (Å²) in [6.45, 7) is 4.37. The Morgan fingerprint density at radius 1 is 1.26 bits per heavy atom. The van der Waals surface area contributed by atoms with Crippen molar-refractivity contribution in [3.05, 3.63) is 0 Å². The number of nitrogens with zero attached hydrogens (tertiary/aromatic N) is 2. The highest BCUT2D eigenvalue weighted by Gasteiger charge is 2.40. The number of amides is 3. The van der Waals surface area contributed by atoms with Crippen molar-refractivity contribution in [2.75, 3.05) is 13.2 Å². The van der Waals surface area contributed by atoms with Crippen LogP contribution in [-0.4, -0.2) is 41.7 Å². The SMILES string of the molecule is CCCCCCN=C1CC(=O)N(C(=O)OCC)C1=O. The third-order valence-electron chi connectivity index (χ3n) is 2.78. The number of aliphatic imine (C=N–C) groups is 1. The largest absolute Gasteiger partial charge is 0.449 e. The van der Waals surface area contributed by atoms with Gasteiger partial charge in [-0.15, -0.1) is 0 Å². The summed E-state index contributed by atoms with van der Waals surface area (Å²) in [6, 6.07) is 0. The summed E-state index contributed by atoms with van der Waals surface area (Å²) in [5.74, 6) is -1.20. The number of unbranched alkanes of at least 4 members (excludes halogenated alkanes) is 3. The molecule has 0 bridgehead atoms. The molecule has 0 aromatic rings. The molecular formula is C13H20N2O4. The van der Waals surface area contributed by atoms with Crippen LogP contribution in [0.2, 0.25) is 0 Å². The normalized spacial score (nSPS) is 17.4. The first-order valence-corrected chi connectivity index (χ1v) is 6.69. The van der Waals surface area contributed by atoms with Crippen molar-refractivity contribution in [1.29, 1.82) is 0 Å². The van der Waals surface area contributed by atoms with Crippen LogP contribution in [-0.2, 0) is 14.3 Å². The lowest BCUT2D eigenvalue weighted by Gasteiger charge is -2.09. The number of imide groups is 3. The van der Waals surface area contributed by atoms with E-state index in [1.807, 2.05) is 0 Å². The molecule has 106 valence electrons. The highest BCUT2D eigenvalue weighted by Crippen LogP contribution is 2.12. The molecule has 0 aromatic heterocycles. The van der Waals surface area contributed by atoms with E-state index in [-0.39, 0.29) is 18.7 Å². The van der Waals surface area contributed by atoms with E-state index in [4.69, 9.17) is 0 Å². The van der Waals surface area contributed by atoms with E-state index >= 15 is 0 Å². The third kappa shape index (κ3) is 4.15. The molecule has 19 heavy (non-hydrogen) atoms. The van der Waals surface area contributed by atoms with Crippen LogP contribution in [0.1, 0.15) is 46.0 Å². The molecule has 1 fully saturated rings. The summed E-state index contributed by atoms with van der Waals surface area (Å²) in [5.41, 5.74) is 0.162. The predicted molar refractivity (Wildman–Crippen MR) is 69.9 cm³/mol. The smallest absolute Gasteiger partial charge is 0.423 e. The Balaban J connectivity index is 2.55. The van der Waals surface area contributed by atoms with Crippen LogP contribution in [0.5, 0.6) is 0 Å². The molecule has 6 heteroatoms. The van der Waals surface area contributed by atoms with Gasteiger partial charge < -0.3 is 4.74 Å². The summed E-state index contributed by atoms with van der Waals surface area (Å²) >= 11 is 0. The number of likely N-dealkylation sites (tertiary alicyclic amines) is 1. The first-order chi connectivity index (χ1) is 9.11. The fourth-order valence-electron chi connectivity index (χ4n) is 1.79. The van der Waals surface area contributed by atoms with Crippen molar-refractivity contribution in [3.8, 4) is 0 Å². The molecule has 1 aliphatic rings. The van der Waals surface area contributed by atoms with E-state index in [0.717, 1.165) is 25.7 Å². The van der Waals surface area contributed by atoms with Gasteiger partial charge in [0.1, 0.15) is 5.71 Å². The van der Waals surface area contributed by atoms with Crippen LogP contribution in [0.3, 0.4) is 0 Å². The molecular weight excluding hydrogens is 248 g/mol. The minimum atomic E-state index is -0.909. The standard InChI is InChI=1S/C13H20N2O4/c1-3-5-6-7-8-14-10-9-11(16)15(12(10)17)13(18)19-4-2/h3-9H2,1-2H3. The van der Waals surface area contributed by atoms with E-state index in [1.54, 1.807) is 6.92 Å². The fraction of sp³-hybridized carbons (Fsp3) is 0.692. The van der Waals surface area contributed by atoms with Crippen molar-refractivity contribution in [2.24, 2.45) is 4.99 Å². The second-order valence-electron chi connectivity index (χ2n) is 4.30. The van der Waals surface area contributed by atoms with Crippen LogP contribution in [0.4, 0.5) is 4.79 Å². The van der Waals surface area contributed by atoms with Gasteiger partial charge in [0.05, 0.1) is 13.0 Å². The van der Waals surface area contributed by atoms with Crippen molar-refractivity contribution >= 4 is 23.6 Å². The second-order valence-corrected chi connectivity index (χ2v) is 4.30. The minimum absolute atomic E-state index is 0.106. The zero-order chi connectivity index (χ0) is 14.3.